The molecule has 1 N–H and O–H groups in total. The Morgan fingerprint density at radius 2 is 0.868 bits per heavy atom. The molecule has 0 aromatic rings. The summed E-state index contributed by atoms with van der Waals surface area (Å²) in [6.45, 7) is 5.56. The molecule has 0 fully saturated rings. The number of carbonyl (C=O) groups is 3. The van der Waals surface area contributed by atoms with Gasteiger partial charge in [0.15, 0.2) is 6.10 Å². The smallest absolute Gasteiger partial charge is 0.407 e. The van der Waals surface area contributed by atoms with Crippen molar-refractivity contribution in [1.82, 2.24) is 10.2 Å². The first-order valence-electron chi connectivity index (χ1n) is 22.1. The summed E-state index contributed by atoms with van der Waals surface area (Å²) in [6, 6.07) is 0. The summed E-state index contributed by atoms with van der Waals surface area (Å²) < 4.78 is 16.4. The quantitative estimate of drug-likeness (QED) is 0.0289. The average Bonchev–Trinajstić information content (AvgIpc) is 3.14. The predicted octanol–water partition coefficient (Wildman–Crippen LogP) is 12.2. The van der Waals surface area contributed by atoms with Gasteiger partial charge < -0.3 is 24.4 Å². The monoisotopic (exact) mass is 749 g/mol. The van der Waals surface area contributed by atoms with E-state index >= 15 is 0 Å². The second-order valence-electron chi connectivity index (χ2n) is 15.1. The van der Waals surface area contributed by atoms with Crippen molar-refractivity contribution >= 4 is 18.0 Å². The Balaban J connectivity index is 4.19. The summed E-state index contributed by atoms with van der Waals surface area (Å²) in [5.74, 6) is -0.635. The van der Waals surface area contributed by atoms with Crippen molar-refractivity contribution < 1.29 is 28.6 Å². The lowest BCUT2D eigenvalue weighted by molar-refractivity contribution is -0.152. The molecule has 0 saturated carbocycles. The van der Waals surface area contributed by atoms with Crippen molar-refractivity contribution in [1.29, 1.82) is 0 Å². The molecule has 8 heteroatoms. The minimum Gasteiger partial charge on any atom is -0.462 e. The van der Waals surface area contributed by atoms with Crippen molar-refractivity contribution in [3.63, 3.8) is 0 Å². The van der Waals surface area contributed by atoms with Gasteiger partial charge in [-0.05, 0) is 91.3 Å². The van der Waals surface area contributed by atoms with Gasteiger partial charge in [0, 0.05) is 19.4 Å². The topological polar surface area (TPSA) is 94.2 Å². The van der Waals surface area contributed by atoms with Crippen molar-refractivity contribution in [2.75, 3.05) is 40.4 Å². The van der Waals surface area contributed by atoms with E-state index in [0.717, 1.165) is 64.3 Å². The first kappa shape index (κ1) is 50.6. The number of carbonyl (C=O) groups excluding carboxylic acids is 3. The average molecular weight is 749 g/mol. The van der Waals surface area contributed by atoms with E-state index in [-0.39, 0.29) is 25.2 Å². The van der Waals surface area contributed by atoms with Gasteiger partial charge in [0.1, 0.15) is 13.2 Å². The number of amides is 1. The third kappa shape index (κ3) is 40.7. The fourth-order valence-electron chi connectivity index (χ4n) is 6.09. The molecule has 8 nitrogen and oxygen atoms in total. The van der Waals surface area contributed by atoms with Crippen molar-refractivity contribution in [2.45, 2.75) is 206 Å². The van der Waals surface area contributed by atoms with E-state index in [1.54, 1.807) is 0 Å². The molecule has 53 heavy (non-hydrogen) atoms. The van der Waals surface area contributed by atoms with E-state index in [0.29, 0.717) is 19.4 Å². The molecule has 0 aliphatic rings. The van der Waals surface area contributed by atoms with Crippen LogP contribution in [0.1, 0.15) is 200 Å². The Bertz CT molecular complexity index is 834. The summed E-state index contributed by atoms with van der Waals surface area (Å²) in [7, 11) is 3.95. The molecule has 0 bridgehead atoms. The summed E-state index contributed by atoms with van der Waals surface area (Å²) in [6.07, 6.45) is 40.5. The van der Waals surface area contributed by atoms with Gasteiger partial charge in [-0.1, -0.05) is 141 Å². The lowest BCUT2D eigenvalue weighted by Crippen LogP contribution is -2.36. The number of rotatable bonds is 39. The number of nitrogens with zero attached hydrogens (tertiary/aromatic N) is 1. The van der Waals surface area contributed by atoms with Gasteiger partial charge in [0.2, 0.25) is 0 Å². The zero-order valence-corrected chi connectivity index (χ0v) is 35.1. The fourth-order valence-corrected chi connectivity index (χ4v) is 6.09. The molecule has 0 atom stereocenters. The van der Waals surface area contributed by atoms with Crippen LogP contribution in [0, 0.1) is 0 Å². The molecule has 0 aromatic carbocycles. The fraction of sp³-hybridized carbons (Fsp3) is 0.844. The molecule has 0 unspecified atom stereocenters. The van der Waals surface area contributed by atoms with Crippen molar-refractivity contribution in [2.24, 2.45) is 0 Å². The maximum absolute atomic E-state index is 12.4. The number of hydrogen-bond acceptors (Lipinski definition) is 7. The zero-order chi connectivity index (χ0) is 38.9. The third-order valence-electron chi connectivity index (χ3n) is 9.47. The lowest BCUT2D eigenvalue weighted by atomic mass is 10.1. The van der Waals surface area contributed by atoms with Crippen LogP contribution in [0.4, 0.5) is 4.79 Å². The van der Waals surface area contributed by atoms with Crippen LogP contribution in [0.5, 0.6) is 0 Å². The minimum absolute atomic E-state index is 0.129. The van der Waals surface area contributed by atoms with E-state index in [9.17, 15) is 14.4 Å². The SMILES string of the molecule is CCCCCCCC/C=C\CCCCCCCC(=O)OCC(COC(=O)CCCCCCC/C=C\CCCCCCCC)OC(=O)NCCCN(C)C. The van der Waals surface area contributed by atoms with Crippen LogP contribution in [0.25, 0.3) is 0 Å². The molecular formula is C45H84N2O6. The van der Waals surface area contributed by atoms with Crippen LogP contribution in [0.2, 0.25) is 0 Å². The van der Waals surface area contributed by atoms with Gasteiger partial charge in [-0.15, -0.1) is 0 Å². The maximum atomic E-state index is 12.4. The second kappa shape index (κ2) is 40.8. The highest BCUT2D eigenvalue weighted by Gasteiger charge is 2.19. The van der Waals surface area contributed by atoms with Crippen molar-refractivity contribution in [3.8, 4) is 0 Å². The van der Waals surface area contributed by atoms with Crippen LogP contribution >= 0.6 is 0 Å². The Hall–Kier alpha value is -2.35. The summed E-state index contributed by atoms with van der Waals surface area (Å²) in [5.41, 5.74) is 0. The predicted molar refractivity (Wildman–Crippen MR) is 222 cm³/mol. The molecule has 0 heterocycles. The number of hydrogen-bond donors (Lipinski definition) is 1. The Morgan fingerprint density at radius 1 is 0.509 bits per heavy atom. The highest BCUT2D eigenvalue weighted by molar-refractivity contribution is 5.70. The van der Waals surface area contributed by atoms with E-state index in [4.69, 9.17) is 14.2 Å². The van der Waals surface area contributed by atoms with Crippen LogP contribution < -0.4 is 5.32 Å². The summed E-state index contributed by atoms with van der Waals surface area (Å²) >= 11 is 0. The van der Waals surface area contributed by atoms with Crippen molar-refractivity contribution in [3.05, 3.63) is 24.3 Å². The molecule has 0 spiro atoms. The number of alkyl carbamates (subject to hydrolysis) is 1. The maximum Gasteiger partial charge on any atom is 0.407 e. The standard InChI is InChI=1S/C45H84N2O6/c1-5-7-9-11-13-15-17-19-21-23-25-27-29-31-33-36-43(48)51-40-42(53-45(50)46-38-35-39-47(3)4)41-52-44(49)37-34-32-30-28-26-24-22-20-18-16-14-12-10-8-6-2/h19-22,42H,5-18,23-41H2,1-4H3,(H,46,50)/b21-19-,22-20-. The van der Waals surface area contributed by atoms with Gasteiger partial charge in [-0.2, -0.15) is 0 Å². The van der Waals surface area contributed by atoms with Crippen LogP contribution in [-0.4, -0.2) is 69.4 Å². The number of esters is 2. The molecule has 1 amide bonds. The zero-order valence-electron chi connectivity index (χ0n) is 35.1. The van der Waals surface area contributed by atoms with E-state index in [2.05, 4.69) is 43.5 Å². The van der Waals surface area contributed by atoms with Gasteiger partial charge in [0.05, 0.1) is 0 Å². The molecule has 0 radical (unpaired) electrons. The van der Waals surface area contributed by atoms with Gasteiger partial charge in [-0.25, -0.2) is 4.79 Å². The molecule has 0 saturated heterocycles. The van der Waals surface area contributed by atoms with Crippen LogP contribution in [-0.2, 0) is 23.8 Å². The normalized spacial score (nSPS) is 11.7. The number of unbranched alkanes of at least 4 members (excludes halogenated alkanes) is 22. The Kier molecular flexibility index (Phi) is 39.0. The van der Waals surface area contributed by atoms with Gasteiger partial charge >= 0.3 is 18.0 Å². The number of nitrogens with one attached hydrogen (secondary N) is 1. The molecular weight excluding hydrogens is 665 g/mol. The van der Waals surface area contributed by atoms with E-state index < -0.39 is 12.2 Å². The highest BCUT2D eigenvalue weighted by Crippen LogP contribution is 2.13. The summed E-state index contributed by atoms with van der Waals surface area (Å²) in [5, 5.41) is 2.73. The first-order valence-corrected chi connectivity index (χ1v) is 22.1. The number of ether oxygens (including phenoxy) is 3. The Morgan fingerprint density at radius 3 is 1.25 bits per heavy atom. The van der Waals surface area contributed by atoms with Crippen LogP contribution in [0.3, 0.4) is 0 Å². The van der Waals surface area contributed by atoms with E-state index in [1.807, 2.05) is 19.0 Å². The Labute approximate surface area is 327 Å². The summed E-state index contributed by atoms with van der Waals surface area (Å²) in [4.78, 5) is 39.3. The van der Waals surface area contributed by atoms with Gasteiger partial charge in [-0.3, -0.25) is 9.59 Å². The second-order valence-corrected chi connectivity index (χ2v) is 15.1. The molecule has 0 aromatic heterocycles. The van der Waals surface area contributed by atoms with Crippen LogP contribution in [0.15, 0.2) is 24.3 Å². The largest absolute Gasteiger partial charge is 0.462 e. The molecule has 0 rings (SSSR count). The lowest BCUT2D eigenvalue weighted by Gasteiger charge is -2.19. The minimum atomic E-state index is -0.847. The molecule has 310 valence electrons. The van der Waals surface area contributed by atoms with Gasteiger partial charge in [0.25, 0.3) is 0 Å². The molecule has 0 aliphatic heterocycles. The molecule has 0 aliphatic carbocycles. The van der Waals surface area contributed by atoms with E-state index in [1.165, 1.54) is 116 Å². The number of allylic oxidation sites excluding steroid dienone is 4. The third-order valence-corrected chi connectivity index (χ3v) is 9.47. The highest BCUT2D eigenvalue weighted by atomic mass is 16.6. The first-order chi connectivity index (χ1) is 25.9.